The van der Waals surface area contributed by atoms with Crippen molar-refractivity contribution in [2.75, 3.05) is 42.6 Å². The summed E-state index contributed by atoms with van der Waals surface area (Å²) in [6, 6.07) is 1.72. The van der Waals surface area contributed by atoms with Gasteiger partial charge in [0, 0.05) is 55.9 Å². The van der Waals surface area contributed by atoms with Crippen molar-refractivity contribution in [3.63, 3.8) is 0 Å². The summed E-state index contributed by atoms with van der Waals surface area (Å²) in [5.74, 6) is 3.35. The van der Waals surface area contributed by atoms with E-state index in [1.807, 2.05) is 16.7 Å². The van der Waals surface area contributed by atoms with E-state index in [0.29, 0.717) is 18.8 Å². The molecule has 0 saturated carbocycles. The highest BCUT2D eigenvalue weighted by molar-refractivity contribution is 7.99. The molecule has 2 aromatic rings. The summed E-state index contributed by atoms with van der Waals surface area (Å²) < 4.78 is 0. The number of H-pyrrole nitrogens is 1. The zero-order chi connectivity index (χ0) is 16.4. The third-order valence-electron chi connectivity index (χ3n) is 4.59. The van der Waals surface area contributed by atoms with Gasteiger partial charge in [0.2, 0.25) is 0 Å². The lowest BCUT2D eigenvalue weighted by Gasteiger charge is -2.29. The minimum atomic E-state index is 0.00388. The van der Waals surface area contributed by atoms with Crippen molar-refractivity contribution in [1.29, 1.82) is 0 Å². The van der Waals surface area contributed by atoms with Gasteiger partial charge in [0.15, 0.2) is 0 Å². The number of hydrogen-bond acceptors (Lipinski definition) is 6. The summed E-state index contributed by atoms with van der Waals surface area (Å²) in [7, 11) is 0. The topological polar surface area (TPSA) is 78.0 Å². The first-order valence-electron chi connectivity index (χ1n) is 8.27. The van der Waals surface area contributed by atoms with Gasteiger partial charge < -0.3 is 9.80 Å². The predicted molar refractivity (Wildman–Crippen MR) is 93.5 cm³/mol. The van der Waals surface area contributed by atoms with E-state index >= 15 is 0 Å². The number of carbonyl (C=O) groups is 1. The molecule has 1 saturated heterocycles. The van der Waals surface area contributed by atoms with Crippen molar-refractivity contribution in [3.05, 3.63) is 35.5 Å². The molecule has 0 aromatic carbocycles. The minimum Gasteiger partial charge on any atom is -0.355 e. The highest BCUT2D eigenvalue weighted by Crippen LogP contribution is 2.26. The van der Waals surface area contributed by atoms with Crippen molar-refractivity contribution >= 4 is 23.5 Å². The predicted octanol–water partition coefficient (Wildman–Crippen LogP) is 0.994. The van der Waals surface area contributed by atoms with Gasteiger partial charge >= 0.3 is 0 Å². The third-order valence-corrected chi connectivity index (χ3v) is 5.53. The van der Waals surface area contributed by atoms with Gasteiger partial charge in [-0.25, -0.2) is 9.97 Å². The monoisotopic (exact) mass is 344 g/mol. The first-order valence-corrected chi connectivity index (χ1v) is 9.42. The van der Waals surface area contributed by atoms with Crippen LogP contribution in [0, 0.1) is 0 Å². The molecule has 1 amide bonds. The molecule has 0 atom stereocenters. The number of aromatic nitrogens is 4. The van der Waals surface area contributed by atoms with Gasteiger partial charge in [-0.3, -0.25) is 9.89 Å². The summed E-state index contributed by atoms with van der Waals surface area (Å²) in [4.78, 5) is 25.9. The molecule has 0 spiro atoms. The van der Waals surface area contributed by atoms with Crippen LogP contribution in [0.4, 0.5) is 5.82 Å². The van der Waals surface area contributed by atoms with E-state index in [0.717, 1.165) is 48.9 Å². The maximum atomic E-state index is 12.6. The molecule has 2 aliphatic heterocycles. The van der Waals surface area contributed by atoms with E-state index in [9.17, 15) is 4.79 Å². The van der Waals surface area contributed by atoms with Crippen molar-refractivity contribution in [3.8, 4) is 0 Å². The fourth-order valence-electron chi connectivity index (χ4n) is 3.31. The van der Waals surface area contributed by atoms with Gasteiger partial charge in [0.05, 0.1) is 5.69 Å². The lowest BCUT2D eigenvalue weighted by molar-refractivity contribution is 0.0757. The Kier molecular flexibility index (Phi) is 4.38. The van der Waals surface area contributed by atoms with E-state index in [1.54, 1.807) is 18.6 Å². The number of anilines is 1. The molecule has 0 unspecified atom stereocenters. The Balaban J connectivity index is 1.55. The lowest BCUT2D eigenvalue weighted by Crippen LogP contribution is -2.35. The Morgan fingerprint density at radius 1 is 1.12 bits per heavy atom. The molecule has 7 nitrogen and oxygen atoms in total. The molecule has 126 valence electrons. The zero-order valence-corrected chi connectivity index (χ0v) is 14.3. The normalized spacial score (nSPS) is 18.2. The first-order chi connectivity index (χ1) is 11.8. The average molecular weight is 344 g/mol. The summed E-state index contributed by atoms with van der Waals surface area (Å²) >= 11 is 1.99. The molecule has 8 heteroatoms. The van der Waals surface area contributed by atoms with Crippen LogP contribution >= 0.6 is 11.8 Å². The molecule has 2 aliphatic rings. The Morgan fingerprint density at radius 2 is 1.96 bits per heavy atom. The third kappa shape index (κ3) is 2.98. The Hall–Kier alpha value is -2.09. The van der Waals surface area contributed by atoms with E-state index in [-0.39, 0.29) is 5.91 Å². The molecule has 0 radical (unpaired) electrons. The molecule has 0 aliphatic carbocycles. The first kappa shape index (κ1) is 15.4. The molecule has 4 heterocycles. The molecular weight excluding hydrogens is 324 g/mol. The second-order valence-corrected chi connectivity index (χ2v) is 7.21. The molecule has 24 heavy (non-hydrogen) atoms. The molecule has 1 N–H and O–H groups in total. The zero-order valence-electron chi connectivity index (χ0n) is 13.4. The van der Waals surface area contributed by atoms with Gasteiger partial charge in [0.25, 0.3) is 5.91 Å². The molecule has 4 rings (SSSR count). The number of thioether (sulfide) groups is 1. The largest absolute Gasteiger partial charge is 0.355 e. The van der Waals surface area contributed by atoms with E-state index < -0.39 is 0 Å². The standard InChI is InChI=1S/C16H20N6OS/c23-16(14-1-4-19-20-14)22-5-2-12-13(3-6-22)17-11-18-15(12)21-7-9-24-10-8-21/h1,4,11H,2-3,5-10H2,(H,19,20). The van der Waals surface area contributed by atoms with Gasteiger partial charge in [-0.2, -0.15) is 16.9 Å². The van der Waals surface area contributed by atoms with E-state index in [1.165, 1.54) is 5.56 Å². The quantitative estimate of drug-likeness (QED) is 0.875. The Labute approximate surface area is 144 Å². The second-order valence-electron chi connectivity index (χ2n) is 5.98. The number of carbonyl (C=O) groups excluding carboxylic acids is 1. The number of nitrogens with zero attached hydrogens (tertiary/aromatic N) is 5. The van der Waals surface area contributed by atoms with Crippen molar-refractivity contribution in [2.45, 2.75) is 12.8 Å². The van der Waals surface area contributed by atoms with Crippen LogP contribution in [0.5, 0.6) is 0 Å². The van der Waals surface area contributed by atoms with E-state index in [4.69, 9.17) is 0 Å². The smallest absolute Gasteiger partial charge is 0.271 e. The molecule has 1 fully saturated rings. The van der Waals surface area contributed by atoms with Gasteiger partial charge in [-0.1, -0.05) is 0 Å². The number of rotatable bonds is 2. The Bertz CT molecular complexity index is 713. The van der Waals surface area contributed by atoms with Crippen LogP contribution < -0.4 is 4.90 Å². The van der Waals surface area contributed by atoms with Crippen LogP contribution in [-0.4, -0.2) is 68.7 Å². The van der Waals surface area contributed by atoms with Crippen LogP contribution in [0.1, 0.15) is 21.7 Å². The number of nitrogens with one attached hydrogen (secondary N) is 1. The average Bonchev–Trinajstić information content (AvgIpc) is 3.08. The Morgan fingerprint density at radius 3 is 2.75 bits per heavy atom. The second kappa shape index (κ2) is 6.80. The molecular formula is C16H20N6OS. The number of amides is 1. The van der Waals surface area contributed by atoms with Crippen molar-refractivity contribution < 1.29 is 4.79 Å². The highest BCUT2D eigenvalue weighted by atomic mass is 32.2. The van der Waals surface area contributed by atoms with E-state index in [2.05, 4.69) is 25.1 Å². The number of aromatic amines is 1. The summed E-state index contributed by atoms with van der Waals surface area (Å²) in [5.41, 5.74) is 2.84. The maximum absolute atomic E-state index is 12.6. The van der Waals surface area contributed by atoms with Crippen LogP contribution in [0.2, 0.25) is 0 Å². The lowest BCUT2D eigenvalue weighted by atomic mass is 10.1. The van der Waals surface area contributed by atoms with Crippen molar-refractivity contribution in [1.82, 2.24) is 25.1 Å². The van der Waals surface area contributed by atoms with Gasteiger partial charge in [-0.05, 0) is 12.5 Å². The number of fused-ring (bicyclic) bond motifs is 1. The highest BCUT2D eigenvalue weighted by Gasteiger charge is 2.25. The van der Waals surface area contributed by atoms with Crippen LogP contribution in [0.25, 0.3) is 0 Å². The number of hydrogen-bond donors (Lipinski definition) is 1. The maximum Gasteiger partial charge on any atom is 0.271 e. The molecule has 0 bridgehead atoms. The molecule has 2 aromatic heterocycles. The van der Waals surface area contributed by atoms with Crippen molar-refractivity contribution in [2.24, 2.45) is 0 Å². The summed E-state index contributed by atoms with van der Waals surface area (Å²) in [5, 5.41) is 6.63. The fraction of sp³-hybridized carbons (Fsp3) is 0.500. The summed E-state index contributed by atoms with van der Waals surface area (Å²) in [6.07, 6.45) is 4.85. The van der Waals surface area contributed by atoms with Crippen LogP contribution in [0.3, 0.4) is 0 Å². The van der Waals surface area contributed by atoms with Crippen LogP contribution in [-0.2, 0) is 12.8 Å². The summed E-state index contributed by atoms with van der Waals surface area (Å²) in [6.45, 7) is 3.43. The SMILES string of the molecule is O=C(c1ccn[nH]1)N1CCc2ncnc(N3CCSCC3)c2CC1. The van der Waals surface area contributed by atoms with Gasteiger partial charge in [-0.15, -0.1) is 0 Å². The minimum absolute atomic E-state index is 0.00388. The van der Waals surface area contributed by atoms with Crippen LogP contribution in [0.15, 0.2) is 18.6 Å². The van der Waals surface area contributed by atoms with Gasteiger partial charge in [0.1, 0.15) is 17.8 Å². The fourth-order valence-corrected chi connectivity index (χ4v) is 4.21.